The maximum Gasteiger partial charge on any atom is 0.410 e. The Labute approximate surface area is 173 Å². The van der Waals surface area contributed by atoms with Gasteiger partial charge in [0.15, 0.2) is 6.04 Å². The summed E-state index contributed by atoms with van der Waals surface area (Å²) in [6.07, 6.45) is -0.0815. The molecule has 0 unspecified atom stereocenters. The lowest BCUT2D eigenvalue weighted by atomic mass is 10.0. The van der Waals surface area contributed by atoms with Gasteiger partial charge in [-0.2, -0.15) is 27.7 Å². The maximum absolute atomic E-state index is 13.6. The fourth-order valence-electron chi connectivity index (χ4n) is 4.21. The van der Waals surface area contributed by atoms with Crippen molar-refractivity contribution in [1.29, 1.82) is 0 Å². The van der Waals surface area contributed by atoms with Crippen molar-refractivity contribution in [2.75, 3.05) is 11.9 Å². The third-order valence-electron chi connectivity index (χ3n) is 5.87. The van der Waals surface area contributed by atoms with Crippen LogP contribution in [0, 0.1) is 0 Å². The van der Waals surface area contributed by atoms with Crippen molar-refractivity contribution >= 4 is 15.8 Å². The molecule has 4 heterocycles. The lowest BCUT2D eigenvalue weighted by Gasteiger charge is -2.32. The summed E-state index contributed by atoms with van der Waals surface area (Å²) in [5, 5.41) is 11.4. The number of fused-ring (bicyclic) bond motifs is 1. The molecule has 3 atom stereocenters. The van der Waals surface area contributed by atoms with Crippen LogP contribution in [-0.4, -0.2) is 51.0 Å². The van der Waals surface area contributed by atoms with Crippen LogP contribution in [-0.2, 0) is 16.6 Å². The van der Waals surface area contributed by atoms with E-state index >= 15 is 0 Å². The van der Waals surface area contributed by atoms with Crippen molar-refractivity contribution in [3.05, 3.63) is 24.2 Å². The number of hydrogen-bond acceptors (Lipinski definition) is 5. The van der Waals surface area contributed by atoms with E-state index < -0.39 is 28.3 Å². The summed E-state index contributed by atoms with van der Waals surface area (Å²) in [6.45, 7) is 4.52. The molecule has 2 aromatic heterocycles. The van der Waals surface area contributed by atoms with Crippen LogP contribution in [0.5, 0.6) is 0 Å². The molecule has 0 saturated carbocycles. The molecule has 0 spiro atoms. The Kier molecular flexibility index (Phi) is 5.33. The molecule has 1 fully saturated rings. The smallest absolute Gasteiger partial charge is 0.367 e. The topological polar surface area (TPSA) is 85.1 Å². The highest BCUT2D eigenvalue weighted by molar-refractivity contribution is 7.89. The van der Waals surface area contributed by atoms with Gasteiger partial charge in [-0.05, 0) is 32.6 Å². The quantitative estimate of drug-likeness (QED) is 0.762. The number of nitrogens with zero attached hydrogens (tertiary/aromatic N) is 5. The van der Waals surface area contributed by atoms with Gasteiger partial charge in [0.05, 0.1) is 17.9 Å². The van der Waals surface area contributed by atoms with Crippen molar-refractivity contribution < 1.29 is 21.6 Å². The number of anilines is 1. The third kappa shape index (κ3) is 3.59. The average Bonchev–Trinajstić information content (AvgIpc) is 3.44. The molecule has 2 aliphatic heterocycles. The molecule has 0 radical (unpaired) electrons. The lowest BCUT2D eigenvalue weighted by Crippen LogP contribution is -2.39. The minimum Gasteiger partial charge on any atom is -0.367 e. The first-order valence-corrected chi connectivity index (χ1v) is 11.6. The minimum atomic E-state index is -4.43. The van der Waals surface area contributed by atoms with Crippen LogP contribution >= 0.6 is 0 Å². The van der Waals surface area contributed by atoms with Crippen molar-refractivity contribution in [3.63, 3.8) is 0 Å². The molecule has 0 bridgehead atoms. The first-order valence-electron chi connectivity index (χ1n) is 10.1. The second kappa shape index (κ2) is 7.56. The largest absolute Gasteiger partial charge is 0.410 e. The van der Waals surface area contributed by atoms with Gasteiger partial charge >= 0.3 is 6.18 Å². The van der Waals surface area contributed by atoms with Crippen LogP contribution < -0.4 is 5.32 Å². The number of aromatic nitrogens is 4. The normalized spacial score (nSPS) is 25.3. The molecular formula is C18H25F3N6O2S. The number of aryl methyl sites for hydroxylation is 1. The molecule has 1 saturated heterocycles. The Balaban J connectivity index is 1.68. The summed E-state index contributed by atoms with van der Waals surface area (Å²) in [7, 11) is -3.83. The predicted molar refractivity (Wildman–Crippen MR) is 103 cm³/mol. The van der Waals surface area contributed by atoms with Gasteiger partial charge in [0.2, 0.25) is 10.0 Å². The molecular weight excluding hydrogens is 421 g/mol. The number of halogens is 3. The summed E-state index contributed by atoms with van der Waals surface area (Å²) < 4.78 is 71.0. The van der Waals surface area contributed by atoms with Crippen molar-refractivity contribution in [2.45, 2.75) is 75.3 Å². The Bertz CT molecular complexity index is 1020. The highest BCUT2D eigenvalue weighted by Crippen LogP contribution is 2.43. The minimum absolute atomic E-state index is 0.0811. The van der Waals surface area contributed by atoms with E-state index in [2.05, 4.69) is 15.5 Å². The van der Waals surface area contributed by atoms with Gasteiger partial charge < -0.3 is 5.32 Å². The fraction of sp³-hybridized carbons (Fsp3) is 0.667. The van der Waals surface area contributed by atoms with Gasteiger partial charge in [0, 0.05) is 31.4 Å². The Morgan fingerprint density at radius 3 is 2.70 bits per heavy atom. The summed E-state index contributed by atoms with van der Waals surface area (Å²) in [5.41, 5.74) is 0.340. The highest BCUT2D eigenvalue weighted by Gasteiger charge is 2.47. The zero-order valence-electron chi connectivity index (χ0n) is 16.8. The number of hydrogen-bond donors (Lipinski definition) is 1. The molecule has 2 aliphatic rings. The van der Waals surface area contributed by atoms with E-state index in [0.717, 1.165) is 4.68 Å². The first kappa shape index (κ1) is 21.2. The molecule has 0 aromatic carbocycles. The summed E-state index contributed by atoms with van der Waals surface area (Å²) in [6, 6.07) is -1.07. The van der Waals surface area contributed by atoms with E-state index in [1.165, 1.54) is 21.4 Å². The number of sulfonamides is 1. The second-order valence-corrected chi connectivity index (χ2v) is 9.64. The Morgan fingerprint density at radius 1 is 1.30 bits per heavy atom. The molecule has 4 rings (SSSR count). The van der Waals surface area contributed by atoms with Crippen molar-refractivity contribution in [3.8, 4) is 0 Å². The van der Waals surface area contributed by atoms with Gasteiger partial charge in [-0.1, -0.05) is 6.92 Å². The summed E-state index contributed by atoms with van der Waals surface area (Å²) in [5.74, 6) is 0.286. The average molecular weight is 446 g/mol. The van der Waals surface area contributed by atoms with E-state index in [1.54, 1.807) is 6.07 Å². The summed E-state index contributed by atoms with van der Waals surface area (Å²) in [4.78, 5) is 0.0811. The van der Waals surface area contributed by atoms with Gasteiger partial charge in [-0.25, -0.2) is 13.1 Å². The molecule has 0 aliphatic carbocycles. The monoisotopic (exact) mass is 446 g/mol. The molecule has 30 heavy (non-hydrogen) atoms. The van der Waals surface area contributed by atoms with E-state index in [4.69, 9.17) is 0 Å². The van der Waals surface area contributed by atoms with Gasteiger partial charge in [-0.15, -0.1) is 0 Å². The zero-order chi connectivity index (χ0) is 21.7. The third-order valence-corrected chi connectivity index (χ3v) is 7.73. The van der Waals surface area contributed by atoms with Crippen LogP contribution in [0.1, 0.15) is 57.3 Å². The first-order chi connectivity index (χ1) is 14.1. The Morgan fingerprint density at radius 2 is 2.07 bits per heavy atom. The van der Waals surface area contributed by atoms with E-state index in [9.17, 15) is 21.6 Å². The van der Waals surface area contributed by atoms with E-state index in [-0.39, 0.29) is 23.2 Å². The fourth-order valence-corrected chi connectivity index (χ4v) is 5.83. The molecule has 12 heteroatoms. The predicted octanol–water partition coefficient (Wildman–Crippen LogP) is 3.32. The number of nitrogens with one attached hydrogen (secondary N) is 1. The maximum atomic E-state index is 13.6. The SMILES string of the molecule is CC[C@@H]1C[C@@H](C(F)(F)F)n2nc([C@H]3CCCN3S(=O)(=O)c3cnn(CC)c3)cc2N1. The Hall–Kier alpha value is -2.08. The van der Waals surface area contributed by atoms with Crippen LogP contribution in [0.4, 0.5) is 19.0 Å². The van der Waals surface area contributed by atoms with Crippen LogP contribution in [0.2, 0.25) is 0 Å². The molecule has 166 valence electrons. The number of alkyl halides is 3. The summed E-state index contributed by atoms with van der Waals surface area (Å²) >= 11 is 0. The van der Waals surface area contributed by atoms with Crippen molar-refractivity contribution in [1.82, 2.24) is 23.9 Å². The zero-order valence-corrected chi connectivity index (χ0v) is 17.6. The standard InChI is InChI=1S/C18H25F3N6O2S/c1-3-12-8-16(18(19,20)21)27-17(23-12)9-14(24-27)15-6-5-7-26(15)30(28,29)13-10-22-25(4-2)11-13/h9-12,15-16,23H,3-8H2,1-2H3/t12-,15-,16+/m1/s1. The molecule has 1 N–H and O–H groups in total. The van der Waals surface area contributed by atoms with Gasteiger partial charge in [0.1, 0.15) is 10.7 Å². The lowest BCUT2D eigenvalue weighted by molar-refractivity contribution is -0.173. The van der Waals surface area contributed by atoms with E-state index in [1.807, 2.05) is 13.8 Å². The van der Waals surface area contributed by atoms with Crippen LogP contribution in [0.25, 0.3) is 0 Å². The molecule has 2 aromatic rings. The number of rotatable bonds is 5. The van der Waals surface area contributed by atoms with Crippen LogP contribution in [0.15, 0.2) is 23.4 Å². The van der Waals surface area contributed by atoms with Gasteiger partial charge in [-0.3, -0.25) is 4.68 Å². The second-order valence-electron chi connectivity index (χ2n) is 7.75. The van der Waals surface area contributed by atoms with E-state index in [0.29, 0.717) is 38.0 Å². The molecule has 0 amide bonds. The molecule has 8 nitrogen and oxygen atoms in total. The van der Waals surface area contributed by atoms with Gasteiger partial charge in [0.25, 0.3) is 0 Å². The van der Waals surface area contributed by atoms with Crippen LogP contribution in [0.3, 0.4) is 0 Å². The highest BCUT2D eigenvalue weighted by atomic mass is 32.2. The van der Waals surface area contributed by atoms with Crippen molar-refractivity contribution in [2.24, 2.45) is 0 Å².